The number of alkyl halides is 1. The minimum absolute atomic E-state index is 0.546. The molecule has 19 heavy (non-hydrogen) atoms. The third-order valence-corrected chi connectivity index (χ3v) is 3.27. The highest BCUT2D eigenvalue weighted by atomic mass is 35.5. The summed E-state index contributed by atoms with van der Waals surface area (Å²) < 4.78 is 1.80. The first kappa shape index (κ1) is 12.0. The minimum atomic E-state index is 0.546. The van der Waals surface area contributed by atoms with Crippen LogP contribution in [0.25, 0.3) is 5.52 Å². The van der Waals surface area contributed by atoms with Crippen molar-refractivity contribution in [2.75, 3.05) is 5.32 Å². The fourth-order valence-corrected chi connectivity index (χ4v) is 2.10. The molecular weight excluding hydrogens is 260 g/mol. The van der Waals surface area contributed by atoms with Gasteiger partial charge in [-0.25, -0.2) is 9.50 Å². The van der Waals surface area contributed by atoms with Crippen molar-refractivity contribution in [1.29, 1.82) is 0 Å². The summed E-state index contributed by atoms with van der Waals surface area (Å²) in [5.41, 5.74) is 3.29. The normalized spacial score (nSPS) is 10.8. The van der Waals surface area contributed by atoms with Gasteiger partial charge in [0.25, 0.3) is 0 Å². The van der Waals surface area contributed by atoms with Crippen molar-refractivity contribution in [1.82, 2.24) is 14.6 Å². The molecule has 96 valence electrons. The zero-order valence-corrected chi connectivity index (χ0v) is 11.0. The Morgan fingerprint density at radius 1 is 1.05 bits per heavy atom. The van der Waals surface area contributed by atoms with Crippen molar-refractivity contribution in [2.45, 2.75) is 12.4 Å². The molecule has 0 amide bonds. The topological polar surface area (TPSA) is 42.2 Å². The van der Waals surface area contributed by atoms with E-state index in [0.29, 0.717) is 5.88 Å². The van der Waals surface area contributed by atoms with Gasteiger partial charge >= 0.3 is 0 Å². The van der Waals surface area contributed by atoms with E-state index in [1.165, 1.54) is 5.56 Å². The summed E-state index contributed by atoms with van der Waals surface area (Å²) in [5.74, 6) is 1.38. The van der Waals surface area contributed by atoms with E-state index in [-0.39, 0.29) is 0 Å². The molecule has 1 aromatic carbocycles. The molecule has 2 aromatic heterocycles. The van der Waals surface area contributed by atoms with Gasteiger partial charge in [0, 0.05) is 24.8 Å². The largest absolute Gasteiger partial charge is 0.364 e. The first-order valence-corrected chi connectivity index (χ1v) is 6.56. The standard InChI is InChI=1S/C14H13ClN4/c15-9-11-1-3-12(4-2-11)10-17-14-13-5-6-18-19(13)8-7-16-14/h1-8H,9-10H2,(H,16,17). The predicted molar refractivity (Wildman–Crippen MR) is 76.3 cm³/mol. The van der Waals surface area contributed by atoms with Gasteiger partial charge in [-0.15, -0.1) is 11.6 Å². The van der Waals surface area contributed by atoms with Crippen molar-refractivity contribution in [3.63, 3.8) is 0 Å². The lowest BCUT2D eigenvalue weighted by Gasteiger charge is -2.07. The van der Waals surface area contributed by atoms with E-state index >= 15 is 0 Å². The molecule has 1 N–H and O–H groups in total. The molecule has 0 bridgehead atoms. The second kappa shape index (κ2) is 5.28. The lowest BCUT2D eigenvalue weighted by Crippen LogP contribution is -2.03. The van der Waals surface area contributed by atoms with Gasteiger partial charge in [0.2, 0.25) is 0 Å². The van der Waals surface area contributed by atoms with E-state index in [9.17, 15) is 0 Å². The quantitative estimate of drug-likeness (QED) is 0.742. The molecule has 2 heterocycles. The second-order valence-electron chi connectivity index (χ2n) is 4.24. The Morgan fingerprint density at radius 3 is 2.63 bits per heavy atom. The maximum atomic E-state index is 5.77. The average molecular weight is 273 g/mol. The van der Waals surface area contributed by atoms with Crippen LogP contribution in [-0.2, 0) is 12.4 Å². The molecule has 0 atom stereocenters. The van der Waals surface area contributed by atoms with Crippen LogP contribution in [0.3, 0.4) is 0 Å². The van der Waals surface area contributed by atoms with E-state index in [0.717, 1.165) is 23.4 Å². The first-order chi connectivity index (χ1) is 9.36. The third kappa shape index (κ3) is 2.53. The molecule has 0 saturated heterocycles. The molecule has 3 rings (SSSR count). The number of nitrogens with zero attached hydrogens (tertiary/aromatic N) is 3. The van der Waals surface area contributed by atoms with Crippen molar-refractivity contribution in [2.24, 2.45) is 0 Å². The van der Waals surface area contributed by atoms with Crippen LogP contribution in [0.5, 0.6) is 0 Å². The highest BCUT2D eigenvalue weighted by Crippen LogP contribution is 2.14. The Morgan fingerprint density at radius 2 is 1.84 bits per heavy atom. The van der Waals surface area contributed by atoms with Crippen molar-refractivity contribution in [3.05, 3.63) is 60.0 Å². The fourth-order valence-electron chi connectivity index (χ4n) is 1.93. The summed E-state index contributed by atoms with van der Waals surface area (Å²) in [5, 5.41) is 7.50. The Hall–Kier alpha value is -2.07. The Labute approximate surface area is 116 Å². The molecule has 0 aliphatic rings. The number of anilines is 1. The Kier molecular flexibility index (Phi) is 3.33. The number of nitrogens with one attached hydrogen (secondary N) is 1. The maximum Gasteiger partial charge on any atom is 0.152 e. The van der Waals surface area contributed by atoms with Gasteiger partial charge in [-0.3, -0.25) is 0 Å². The number of hydrogen-bond donors (Lipinski definition) is 1. The van der Waals surface area contributed by atoms with Gasteiger partial charge in [-0.2, -0.15) is 5.10 Å². The molecule has 0 fully saturated rings. The number of rotatable bonds is 4. The lowest BCUT2D eigenvalue weighted by molar-refractivity contribution is 0.942. The molecule has 4 nitrogen and oxygen atoms in total. The fraction of sp³-hybridized carbons (Fsp3) is 0.143. The Balaban J connectivity index is 1.76. The van der Waals surface area contributed by atoms with Crippen LogP contribution in [0, 0.1) is 0 Å². The number of aromatic nitrogens is 3. The molecule has 5 heteroatoms. The van der Waals surface area contributed by atoms with Crippen molar-refractivity contribution >= 4 is 22.9 Å². The predicted octanol–water partition coefficient (Wildman–Crippen LogP) is 3.08. The molecule has 0 unspecified atom stereocenters. The third-order valence-electron chi connectivity index (χ3n) is 2.96. The maximum absolute atomic E-state index is 5.77. The summed E-state index contributed by atoms with van der Waals surface area (Å²) in [6.07, 6.45) is 5.33. The number of hydrogen-bond acceptors (Lipinski definition) is 3. The van der Waals surface area contributed by atoms with Gasteiger partial charge < -0.3 is 5.32 Å². The van der Waals surface area contributed by atoms with Crippen molar-refractivity contribution < 1.29 is 0 Å². The monoisotopic (exact) mass is 272 g/mol. The number of halogens is 1. The smallest absolute Gasteiger partial charge is 0.152 e. The number of fused-ring (bicyclic) bond motifs is 1. The molecule has 0 radical (unpaired) electrons. The molecule has 0 saturated carbocycles. The zero-order valence-electron chi connectivity index (χ0n) is 10.3. The highest BCUT2D eigenvalue weighted by molar-refractivity contribution is 6.17. The summed E-state index contributed by atoms with van der Waals surface area (Å²) in [7, 11) is 0. The van der Waals surface area contributed by atoms with E-state index < -0.39 is 0 Å². The zero-order chi connectivity index (χ0) is 13.1. The SMILES string of the molecule is ClCc1ccc(CNc2nccn3nccc23)cc1. The van der Waals surface area contributed by atoms with E-state index in [1.807, 2.05) is 24.4 Å². The van der Waals surface area contributed by atoms with Crippen molar-refractivity contribution in [3.8, 4) is 0 Å². The average Bonchev–Trinajstić information content (AvgIpc) is 2.94. The molecule has 0 aliphatic carbocycles. The van der Waals surface area contributed by atoms with Gasteiger partial charge in [-0.1, -0.05) is 24.3 Å². The van der Waals surface area contributed by atoms with Gasteiger partial charge in [-0.05, 0) is 17.2 Å². The Bertz CT molecular complexity index is 675. The lowest BCUT2D eigenvalue weighted by atomic mass is 10.1. The van der Waals surface area contributed by atoms with Crippen LogP contribution < -0.4 is 5.32 Å². The van der Waals surface area contributed by atoms with Crippen LogP contribution in [0.1, 0.15) is 11.1 Å². The number of benzene rings is 1. The first-order valence-electron chi connectivity index (χ1n) is 6.03. The van der Waals surface area contributed by atoms with Gasteiger partial charge in [0.1, 0.15) is 5.52 Å². The molecular formula is C14H13ClN4. The summed E-state index contributed by atoms with van der Waals surface area (Å²) >= 11 is 5.77. The summed E-state index contributed by atoms with van der Waals surface area (Å²) in [4.78, 5) is 4.33. The molecule has 0 aliphatic heterocycles. The van der Waals surface area contributed by atoms with Crippen LogP contribution in [0.15, 0.2) is 48.9 Å². The minimum Gasteiger partial charge on any atom is -0.364 e. The molecule has 3 aromatic rings. The van der Waals surface area contributed by atoms with Crippen LogP contribution in [0.4, 0.5) is 5.82 Å². The highest BCUT2D eigenvalue weighted by Gasteiger charge is 2.02. The van der Waals surface area contributed by atoms with Gasteiger partial charge in [0.15, 0.2) is 5.82 Å². The van der Waals surface area contributed by atoms with Crippen LogP contribution >= 0.6 is 11.6 Å². The molecule has 0 spiro atoms. The van der Waals surface area contributed by atoms with E-state index in [4.69, 9.17) is 11.6 Å². The van der Waals surface area contributed by atoms with Gasteiger partial charge in [0.05, 0.1) is 6.20 Å². The van der Waals surface area contributed by atoms with Crippen LogP contribution in [-0.4, -0.2) is 14.6 Å². The van der Waals surface area contributed by atoms with E-state index in [2.05, 4.69) is 27.5 Å². The van der Waals surface area contributed by atoms with E-state index in [1.54, 1.807) is 16.9 Å². The summed E-state index contributed by atoms with van der Waals surface area (Å²) in [6, 6.07) is 10.2. The summed E-state index contributed by atoms with van der Waals surface area (Å²) in [6.45, 7) is 0.723. The van der Waals surface area contributed by atoms with Crippen LogP contribution in [0.2, 0.25) is 0 Å². The second-order valence-corrected chi connectivity index (χ2v) is 4.51.